The first-order valence-corrected chi connectivity index (χ1v) is 6.88. The Bertz CT molecular complexity index is 622. The molecule has 0 aromatic carbocycles. The number of amides is 1. The van der Waals surface area contributed by atoms with Crippen molar-refractivity contribution in [3.63, 3.8) is 0 Å². The van der Waals surface area contributed by atoms with Crippen molar-refractivity contribution in [2.75, 3.05) is 0 Å². The summed E-state index contributed by atoms with van der Waals surface area (Å²) in [5.41, 5.74) is 1.21. The van der Waals surface area contributed by atoms with Crippen molar-refractivity contribution in [1.82, 2.24) is 5.32 Å². The van der Waals surface area contributed by atoms with Gasteiger partial charge in [0.2, 0.25) is 0 Å². The van der Waals surface area contributed by atoms with Gasteiger partial charge in [-0.05, 0) is 37.0 Å². The molecule has 0 aliphatic heterocycles. The van der Waals surface area contributed by atoms with E-state index in [0.29, 0.717) is 5.76 Å². The van der Waals surface area contributed by atoms with Crippen LogP contribution in [0.1, 0.15) is 53.9 Å². The highest BCUT2D eigenvalue weighted by Gasteiger charge is 2.35. The van der Waals surface area contributed by atoms with E-state index in [-0.39, 0.29) is 17.4 Å². The van der Waals surface area contributed by atoms with Crippen LogP contribution < -0.4 is 5.32 Å². The molecule has 4 heteroatoms. The molecular weight excluding hydrogens is 254 g/mol. The van der Waals surface area contributed by atoms with Gasteiger partial charge in [0.1, 0.15) is 11.5 Å². The minimum absolute atomic E-state index is 0.0243. The molecule has 0 spiro atoms. The summed E-state index contributed by atoms with van der Waals surface area (Å²) in [6.07, 6.45) is 3.31. The quantitative estimate of drug-likeness (QED) is 0.909. The molecule has 0 saturated carbocycles. The van der Waals surface area contributed by atoms with E-state index in [1.807, 2.05) is 13.0 Å². The van der Waals surface area contributed by atoms with E-state index in [4.69, 9.17) is 8.83 Å². The number of nitrogens with one attached hydrogen (secondary N) is 1. The second-order valence-electron chi connectivity index (χ2n) is 6.28. The van der Waals surface area contributed by atoms with Crippen LogP contribution in [0.2, 0.25) is 0 Å². The summed E-state index contributed by atoms with van der Waals surface area (Å²) < 4.78 is 10.9. The van der Waals surface area contributed by atoms with Crippen molar-refractivity contribution in [2.45, 2.75) is 39.7 Å². The topological polar surface area (TPSA) is 55.4 Å². The lowest BCUT2D eigenvalue weighted by atomic mass is 9.74. The van der Waals surface area contributed by atoms with Crippen molar-refractivity contribution >= 4 is 5.91 Å². The zero-order chi connectivity index (χ0) is 14.3. The third kappa shape index (κ3) is 2.38. The van der Waals surface area contributed by atoms with Crippen LogP contribution in [0.3, 0.4) is 0 Å². The number of hydrogen-bond donors (Lipinski definition) is 1. The molecule has 106 valence electrons. The lowest BCUT2D eigenvalue weighted by Crippen LogP contribution is -2.35. The lowest BCUT2D eigenvalue weighted by Gasteiger charge is -2.34. The summed E-state index contributed by atoms with van der Waals surface area (Å²) in [6, 6.07) is 5.39. The van der Waals surface area contributed by atoms with Crippen molar-refractivity contribution in [1.29, 1.82) is 0 Å². The van der Waals surface area contributed by atoms with Crippen LogP contribution in [0, 0.1) is 12.3 Å². The predicted molar refractivity (Wildman–Crippen MR) is 74.5 cm³/mol. The lowest BCUT2D eigenvalue weighted by molar-refractivity contribution is 0.0889. The monoisotopic (exact) mass is 273 g/mol. The molecular formula is C16H19NO3. The second kappa shape index (κ2) is 4.54. The number of hydrogen-bond acceptors (Lipinski definition) is 3. The van der Waals surface area contributed by atoms with E-state index < -0.39 is 0 Å². The van der Waals surface area contributed by atoms with Gasteiger partial charge >= 0.3 is 0 Å². The summed E-state index contributed by atoms with van der Waals surface area (Å²) in [5, 5.41) is 3.05. The minimum Gasteiger partial charge on any atom is -0.466 e. The summed E-state index contributed by atoms with van der Waals surface area (Å²) in [4.78, 5) is 12.2. The van der Waals surface area contributed by atoms with Gasteiger partial charge in [0, 0.05) is 12.0 Å². The number of aryl methyl sites for hydroxylation is 1. The molecule has 1 amide bonds. The first-order chi connectivity index (χ1) is 9.44. The number of furan rings is 2. The van der Waals surface area contributed by atoms with Crippen molar-refractivity contribution < 1.29 is 13.6 Å². The predicted octanol–water partition coefficient (Wildman–Crippen LogP) is 3.62. The molecule has 1 unspecified atom stereocenters. The molecule has 1 atom stereocenters. The van der Waals surface area contributed by atoms with Crippen LogP contribution in [0.4, 0.5) is 0 Å². The van der Waals surface area contributed by atoms with Crippen molar-refractivity contribution in [3.05, 3.63) is 47.3 Å². The molecule has 1 N–H and O–H groups in total. The smallest absolute Gasteiger partial charge is 0.287 e. The Kier molecular flexibility index (Phi) is 2.96. The Morgan fingerprint density at radius 1 is 1.45 bits per heavy atom. The average Bonchev–Trinajstić information content (AvgIpc) is 2.95. The van der Waals surface area contributed by atoms with E-state index in [1.165, 1.54) is 6.26 Å². The molecule has 0 fully saturated rings. The van der Waals surface area contributed by atoms with E-state index in [9.17, 15) is 4.79 Å². The Morgan fingerprint density at radius 3 is 2.95 bits per heavy atom. The van der Waals surface area contributed by atoms with Crippen LogP contribution >= 0.6 is 0 Å². The molecule has 2 aromatic heterocycles. The SMILES string of the molecule is Cc1cc2c(o1)CC(C)(C)CC2NC(=O)c1ccco1. The molecule has 4 nitrogen and oxygen atoms in total. The highest BCUT2D eigenvalue weighted by atomic mass is 16.3. The number of carbonyl (C=O) groups is 1. The third-order valence-corrected chi connectivity index (χ3v) is 3.79. The average molecular weight is 273 g/mol. The molecule has 1 aliphatic carbocycles. The summed E-state index contributed by atoms with van der Waals surface area (Å²) in [5.74, 6) is 2.05. The third-order valence-electron chi connectivity index (χ3n) is 3.79. The van der Waals surface area contributed by atoms with Crippen molar-refractivity contribution in [3.8, 4) is 0 Å². The standard InChI is InChI=1S/C16H19NO3/c1-10-7-11-12(8-16(2,3)9-14(11)20-10)17-15(18)13-5-4-6-19-13/h4-7,12H,8-9H2,1-3H3,(H,17,18). The molecule has 1 aliphatic rings. The molecule has 2 heterocycles. The van der Waals surface area contributed by atoms with Crippen LogP contribution in [0.5, 0.6) is 0 Å². The van der Waals surface area contributed by atoms with Gasteiger partial charge in [-0.15, -0.1) is 0 Å². The van der Waals surface area contributed by atoms with Crippen LogP contribution in [-0.4, -0.2) is 5.91 Å². The van der Waals surface area contributed by atoms with Gasteiger partial charge in [-0.1, -0.05) is 13.8 Å². The molecule has 20 heavy (non-hydrogen) atoms. The minimum atomic E-state index is -0.178. The summed E-state index contributed by atoms with van der Waals surface area (Å²) in [7, 11) is 0. The Morgan fingerprint density at radius 2 is 2.25 bits per heavy atom. The summed E-state index contributed by atoms with van der Waals surface area (Å²) >= 11 is 0. The zero-order valence-corrected chi connectivity index (χ0v) is 12.0. The maximum Gasteiger partial charge on any atom is 0.287 e. The van der Waals surface area contributed by atoms with E-state index >= 15 is 0 Å². The Labute approximate surface area is 118 Å². The van der Waals surface area contributed by atoms with Crippen LogP contribution in [-0.2, 0) is 6.42 Å². The number of fused-ring (bicyclic) bond motifs is 1. The fraction of sp³-hybridized carbons (Fsp3) is 0.438. The summed E-state index contributed by atoms with van der Waals surface area (Å²) in [6.45, 7) is 6.33. The molecule has 0 saturated heterocycles. The van der Waals surface area contributed by atoms with Gasteiger partial charge in [-0.25, -0.2) is 0 Å². The molecule has 3 rings (SSSR count). The molecule has 0 bridgehead atoms. The largest absolute Gasteiger partial charge is 0.466 e. The van der Waals surface area contributed by atoms with E-state index in [1.54, 1.807) is 12.1 Å². The van der Waals surface area contributed by atoms with Crippen molar-refractivity contribution in [2.24, 2.45) is 5.41 Å². The molecule has 2 aromatic rings. The maximum atomic E-state index is 12.2. The second-order valence-corrected chi connectivity index (χ2v) is 6.28. The highest BCUT2D eigenvalue weighted by molar-refractivity contribution is 5.91. The highest BCUT2D eigenvalue weighted by Crippen LogP contribution is 2.42. The normalized spacial score (nSPS) is 20.4. The first-order valence-electron chi connectivity index (χ1n) is 6.88. The first kappa shape index (κ1) is 13.0. The van der Waals surface area contributed by atoms with Gasteiger partial charge in [0.25, 0.3) is 5.91 Å². The van der Waals surface area contributed by atoms with Crippen LogP contribution in [0.25, 0.3) is 0 Å². The molecule has 0 radical (unpaired) electrons. The number of carbonyl (C=O) groups excluding carboxylic acids is 1. The fourth-order valence-corrected chi connectivity index (χ4v) is 2.95. The Hall–Kier alpha value is -1.97. The van der Waals surface area contributed by atoms with E-state index in [2.05, 4.69) is 19.2 Å². The Balaban J connectivity index is 1.87. The van der Waals surface area contributed by atoms with Gasteiger partial charge in [0.15, 0.2) is 5.76 Å². The van der Waals surface area contributed by atoms with Gasteiger partial charge < -0.3 is 14.2 Å². The van der Waals surface area contributed by atoms with E-state index in [0.717, 1.165) is 29.9 Å². The van der Waals surface area contributed by atoms with Gasteiger partial charge in [-0.2, -0.15) is 0 Å². The maximum absolute atomic E-state index is 12.2. The number of rotatable bonds is 2. The van der Waals surface area contributed by atoms with Gasteiger partial charge in [0.05, 0.1) is 12.3 Å². The van der Waals surface area contributed by atoms with Gasteiger partial charge in [-0.3, -0.25) is 4.79 Å². The fourth-order valence-electron chi connectivity index (χ4n) is 2.95. The zero-order valence-electron chi connectivity index (χ0n) is 12.0. The van der Waals surface area contributed by atoms with Crippen LogP contribution in [0.15, 0.2) is 33.3 Å².